The SMILES string of the molecule is CCCC[SiH](C=CN(C)C)C(C)(C)C. The molecule has 84 valence electrons. The molecular formula is C12H27NSi. The summed E-state index contributed by atoms with van der Waals surface area (Å²) in [5, 5.41) is 0.529. The molecule has 0 aliphatic carbocycles. The molecule has 0 aromatic rings. The molecule has 1 unspecified atom stereocenters. The monoisotopic (exact) mass is 213 g/mol. The van der Waals surface area contributed by atoms with Crippen molar-refractivity contribution in [2.24, 2.45) is 0 Å². The van der Waals surface area contributed by atoms with Crippen molar-refractivity contribution in [3.63, 3.8) is 0 Å². The number of rotatable bonds is 5. The van der Waals surface area contributed by atoms with E-state index in [2.05, 4.69) is 58.6 Å². The molecule has 1 nitrogen and oxygen atoms in total. The highest BCUT2D eigenvalue weighted by atomic mass is 28.3. The molecule has 0 amide bonds. The highest BCUT2D eigenvalue weighted by Crippen LogP contribution is 2.31. The lowest BCUT2D eigenvalue weighted by molar-refractivity contribution is 0.564. The van der Waals surface area contributed by atoms with Crippen molar-refractivity contribution in [2.75, 3.05) is 14.1 Å². The Morgan fingerprint density at radius 3 is 2.14 bits per heavy atom. The van der Waals surface area contributed by atoms with E-state index in [9.17, 15) is 0 Å². The lowest BCUT2D eigenvalue weighted by atomic mass is 10.2. The Morgan fingerprint density at radius 2 is 1.79 bits per heavy atom. The van der Waals surface area contributed by atoms with Crippen molar-refractivity contribution in [1.82, 2.24) is 4.90 Å². The van der Waals surface area contributed by atoms with E-state index in [0.717, 1.165) is 0 Å². The van der Waals surface area contributed by atoms with Crippen LogP contribution in [0.25, 0.3) is 0 Å². The Hall–Kier alpha value is -0.243. The van der Waals surface area contributed by atoms with E-state index in [0.29, 0.717) is 5.04 Å². The Morgan fingerprint density at radius 1 is 1.21 bits per heavy atom. The van der Waals surface area contributed by atoms with Crippen LogP contribution in [0.3, 0.4) is 0 Å². The summed E-state index contributed by atoms with van der Waals surface area (Å²) in [5.41, 5.74) is 2.50. The Labute approximate surface area is 91.8 Å². The van der Waals surface area contributed by atoms with E-state index < -0.39 is 8.80 Å². The molecule has 0 spiro atoms. The maximum absolute atomic E-state index is 2.50. The van der Waals surface area contributed by atoms with Gasteiger partial charge in [-0.1, -0.05) is 52.3 Å². The fourth-order valence-electron chi connectivity index (χ4n) is 1.52. The minimum absolute atomic E-state index is 0.529. The third-order valence-corrected chi connectivity index (χ3v) is 6.49. The third kappa shape index (κ3) is 6.25. The minimum Gasteiger partial charge on any atom is -0.384 e. The molecule has 0 saturated heterocycles. The molecule has 0 N–H and O–H groups in total. The molecule has 2 heteroatoms. The van der Waals surface area contributed by atoms with Gasteiger partial charge in [0.05, 0.1) is 8.80 Å². The first-order valence-electron chi connectivity index (χ1n) is 5.72. The smallest absolute Gasteiger partial charge is 0.0687 e. The first kappa shape index (κ1) is 13.8. The molecule has 0 bridgehead atoms. The van der Waals surface area contributed by atoms with Crippen LogP contribution < -0.4 is 0 Å². The molecule has 14 heavy (non-hydrogen) atoms. The zero-order valence-corrected chi connectivity index (χ0v) is 12.0. The molecule has 0 fully saturated rings. The van der Waals surface area contributed by atoms with Crippen molar-refractivity contribution in [2.45, 2.75) is 51.6 Å². The van der Waals surface area contributed by atoms with Crippen molar-refractivity contribution in [1.29, 1.82) is 0 Å². The molecule has 0 rings (SSSR count). The van der Waals surface area contributed by atoms with E-state index in [1.54, 1.807) is 0 Å². The molecule has 0 radical (unpaired) electrons. The average Bonchev–Trinajstić information content (AvgIpc) is 2.01. The highest BCUT2D eigenvalue weighted by Gasteiger charge is 2.22. The molecule has 0 heterocycles. The van der Waals surface area contributed by atoms with E-state index in [4.69, 9.17) is 0 Å². The predicted octanol–water partition coefficient (Wildman–Crippen LogP) is 3.43. The molecular weight excluding hydrogens is 186 g/mol. The largest absolute Gasteiger partial charge is 0.384 e. The van der Waals surface area contributed by atoms with Crippen LogP contribution in [-0.2, 0) is 0 Å². The standard InChI is InChI=1S/C12H27NSi/c1-7-8-10-14(12(2,3)4)11-9-13(5)6/h9,11,14H,7-8,10H2,1-6H3. The summed E-state index contributed by atoms with van der Waals surface area (Å²) in [6, 6.07) is 1.45. The van der Waals surface area contributed by atoms with Gasteiger partial charge in [0.15, 0.2) is 0 Å². The van der Waals surface area contributed by atoms with Crippen LogP contribution in [0.1, 0.15) is 40.5 Å². The van der Waals surface area contributed by atoms with Crippen molar-refractivity contribution in [3.05, 3.63) is 11.9 Å². The number of hydrogen-bond acceptors (Lipinski definition) is 1. The first-order valence-corrected chi connectivity index (χ1v) is 7.78. The quantitative estimate of drug-likeness (QED) is 0.633. The summed E-state index contributed by atoms with van der Waals surface area (Å²) in [5.74, 6) is 0. The summed E-state index contributed by atoms with van der Waals surface area (Å²) in [6.45, 7) is 9.45. The van der Waals surface area contributed by atoms with Gasteiger partial charge in [-0.3, -0.25) is 0 Å². The minimum atomic E-state index is -0.718. The zero-order valence-electron chi connectivity index (χ0n) is 10.8. The number of hydrogen-bond donors (Lipinski definition) is 0. The molecule has 0 aromatic carbocycles. The Balaban J connectivity index is 4.25. The third-order valence-electron chi connectivity index (χ3n) is 2.60. The second kappa shape index (κ2) is 6.28. The van der Waals surface area contributed by atoms with Crippen LogP contribution in [-0.4, -0.2) is 27.8 Å². The summed E-state index contributed by atoms with van der Waals surface area (Å²) in [6.07, 6.45) is 4.97. The Bertz CT molecular complexity index is 168. The topological polar surface area (TPSA) is 3.24 Å². The van der Waals surface area contributed by atoms with Crippen LogP contribution in [0.15, 0.2) is 11.9 Å². The second-order valence-corrected chi connectivity index (χ2v) is 9.33. The number of nitrogens with zero attached hydrogens (tertiary/aromatic N) is 1. The van der Waals surface area contributed by atoms with Gasteiger partial charge in [0.1, 0.15) is 0 Å². The fourth-order valence-corrected chi connectivity index (χ4v) is 4.55. The molecule has 0 saturated carbocycles. The van der Waals surface area contributed by atoms with Crippen LogP contribution in [0.2, 0.25) is 11.1 Å². The molecule has 0 aromatic heterocycles. The maximum atomic E-state index is 2.50. The van der Waals surface area contributed by atoms with Crippen molar-refractivity contribution in [3.8, 4) is 0 Å². The lowest BCUT2D eigenvalue weighted by Crippen LogP contribution is -2.24. The average molecular weight is 213 g/mol. The Kier molecular flexibility index (Phi) is 6.17. The molecule has 1 atom stereocenters. The van der Waals surface area contributed by atoms with E-state index in [1.807, 2.05) is 0 Å². The predicted molar refractivity (Wildman–Crippen MR) is 69.4 cm³/mol. The summed E-state index contributed by atoms with van der Waals surface area (Å²) < 4.78 is 0. The van der Waals surface area contributed by atoms with Gasteiger partial charge in [0.2, 0.25) is 0 Å². The van der Waals surface area contributed by atoms with Gasteiger partial charge in [-0.2, -0.15) is 0 Å². The van der Waals surface area contributed by atoms with Gasteiger partial charge < -0.3 is 4.90 Å². The fraction of sp³-hybridized carbons (Fsp3) is 0.833. The van der Waals surface area contributed by atoms with Crippen LogP contribution in [0.5, 0.6) is 0 Å². The van der Waals surface area contributed by atoms with E-state index in [-0.39, 0.29) is 0 Å². The maximum Gasteiger partial charge on any atom is 0.0687 e. The van der Waals surface area contributed by atoms with Gasteiger partial charge in [-0.25, -0.2) is 0 Å². The second-order valence-electron chi connectivity index (χ2n) is 5.42. The van der Waals surface area contributed by atoms with Crippen LogP contribution in [0.4, 0.5) is 0 Å². The summed E-state index contributed by atoms with van der Waals surface area (Å²) in [7, 11) is 3.49. The van der Waals surface area contributed by atoms with Gasteiger partial charge in [-0.15, -0.1) is 0 Å². The molecule has 0 aliphatic heterocycles. The molecule has 0 aliphatic rings. The van der Waals surface area contributed by atoms with Gasteiger partial charge in [0, 0.05) is 14.1 Å². The van der Waals surface area contributed by atoms with Crippen LogP contribution in [0, 0.1) is 0 Å². The summed E-state index contributed by atoms with van der Waals surface area (Å²) >= 11 is 0. The first-order chi connectivity index (χ1) is 6.38. The van der Waals surface area contributed by atoms with Crippen molar-refractivity contribution >= 4 is 8.80 Å². The van der Waals surface area contributed by atoms with Crippen LogP contribution >= 0.6 is 0 Å². The van der Waals surface area contributed by atoms with Gasteiger partial charge in [-0.05, 0) is 11.2 Å². The highest BCUT2D eigenvalue weighted by molar-refractivity contribution is 6.67. The normalized spacial score (nSPS) is 14.7. The van der Waals surface area contributed by atoms with E-state index >= 15 is 0 Å². The van der Waals surface area contributed by atoms with E-state index in [1.165, 1.54) is 18.9 Å². The zero-order chi connectivity index (χ0) is 11.2. The van der Waals surface area contributed by atoms with Crippen molar-refractivity contribution < 1.29 is 0 Å². The number of unbranched alkanes of at least 4 members (excludes halogenated alkanes) is 1. The lowest BCUT2D eigenvalue weighted by Gasteiger charge is -2.27. The van der Waals surface area contributed by atoms with Gasteiger partial charge >= 0.3 is 0 Å². The van der Waals surface area contributed by atoms with Gasteiger partial charge in [0.25, 0.3) is 0 Å². The summed E-state index contributed by atoms with van der Waals surface area (Å²) in [4.78, 5) is 2.15.